The van der Waals surface area contributed by atoms with Crippen molar-refractivity contribution in [2.75, 3.05) is 6.54 Å². The van der Waals surface area contributed by atoms with E-state index in [1.54, 1.807) is 0 Å². The van der Waals surface area contributed by atoms with Gasteiger partial charge in [-0.3, -0.25) is 4.98 Å². The molecule has 2 aromatic rings. The fourth-order valence-corrected chi connectivity index (χ4v) is 2.05. The summed E-state index contributed by atoms with van der Waals surface area (Å²) in [6, 6.07) is 8.24. The first-order valence-electron chi connectivity index (χ1n) is 6.12. The quantitative estimate of drug-likeness (QED) is 0.904. The molecule has 2 nitrogen and oxygen atoms in total. The largest absolute Gasteiger partial charge is 0.313 e. The van der Waals surface area contributed by atoms with Crippen molar-refractivity contribution in [3.63, 3.8) is 0 Å². The van der Waals surface area contributed by atoms with Gasteiger partial charge in [0.2, 0.25) is 0 Å². The number of nitrogens with one attached hydrogen (secondary N) is 1. The summed E-state index contributed by atoms with van der Waals surface area (Å²) in [6.45, 7) is 5.86. The minimum Gasteiger partial charge on any atom is -0.313 e. The van der Waals surface area contributed by atoms with Crippen LogP contribution >= 0.6 is 11.6 Å². The predicted molar refractivity (Wildman–Crippen MR) is 76.8 cm³/mol. The van der Waals surface area contributed by atoms with E-state index in [1.807, 2.05) is 31.5 Å². The smallest absolute Gasteiger partial charge is 0.0451 e. The molecule has 0 fully saturated rings. The normalized spacial score (nSPS) is 10.6. The number of benzene rings is 1. The Kier molecular flexibility index (Phi) is 4.34. The van der Waals surface area contributed by atoms with Crippen LogP contribution < -0.4 is 5.32 Å². The Morgan fingerprint density at radius 1 is 1.17 bits per heavy atom. The van der Waals surface area contributed by atoms with Crippen molar-refractivity contribution in [1.29, 1.82) is 0 Å². The Morgan fingerprint density at radius 3 is 2.72 bits per heavy atom. The first-order chi connectivity index (χ1) is 8.70. The van der Waals surface area contributed by atoms with Crippen LogP contribution in [0.15, 0.2) is 36.7 Å². The number of pyridine rings is 1. The molecule has 0 aliphatic heterocycles. The van der Waals surface area contributed by atoms with Gasteiger partial charge in [-0.2, -0.15) is 0 Å². The molecule has 0 amide bonds. The van der Waals surface area contributed by atoms with Gasteiger partial charge in [-0.1, -0.05) is 24.6 Å². The van der Waals surface area contributed by atoms with Crippen molar-refractivity contribution in [3.05, 3.63) is 52.8 Å². The van der Waals surface area contributed by atoms with Crippen molar-refractivity contribution in [2.24, 2.45) is 0 Å². The third-order valence-electron chi connectivity index (χ3n) is 2.82. The molecular weight excluding hydrogens is 244 g/mol. The zero-order chi connectivity index (χ0) is 13.0. The molecule has 3 heteroatoms. The molecule has 18 heavy (non-hydrogen) atoms. The summed E-state index contributed by atoms with van der Waals surface area (Å²) < 4.78 is 0. The molecule has 0 unspecified atom stereocenters. The molecule has 0 bridgehead atoms. The number of aryl methyl sites for hydroxylation is 1. The van der Waals surface area contributed by atoms with Crippen LogP contribution in [0, 0.1) is 6.92 Å². The number of nitrogens with zero attached hydrogens (tertiary/aromatic N) is 1. The highest BCUT2D eigenvalue weighted by atomic mass is 35.5. The summed E-state index contributed by atoms with van der Waals surface area (Å²) >= 11 is 6.20. The van der Waals surface area contributed by atoms with Gasteiger partial charge in [0.15, 0.2) is 0 Å². The van der Waals surface area contributed by atoms with Crippen molar-refractivity contribution in [2.45, 2.75) is 20.4 Å². The van der Waals surface area contributed by atoms with Gasteiger partial charge < -0.3 is 5.32 Å². The molecule has 0 aliphatic carbocycles. The van der Waals surface area contributed by atoms with Gasteiger partial charge in [-0.15, -0.1) is 0 Å². The third kappa shape index (κ3) is 3.09. The number of hydrogen-bond donors (Lipinski definition) is 1. The lowest BCUT2D eigenvalue weighted by molar-refractivity contribution is 0.727. The minimum absolute atomic E-state index is 0.794. The average molecular weight is 261 g/mol. The second-order valence-corrected chi connectivity index (χ2v) is 4.74. The van der Waals surface area contributed by atoms with Crippen molar-refractivity contribution in [1.82, 2.24) is 10.3 Å². The lowest BCUT2D eigenvalue weighted by Gasteiger charge is -2.08. The third-order valence-corrected chi connectivity index (χ3v) is 3.19. The van der Waals surface area contributed by atoms with Crippen LogP contribution in [0.25, 0.3) is 11.1 Å². The van der Waals surface area contributed by atoms with E-state index >= 15 is 0 Å². The van der Waals surface area contributed by atoms with Crippen molar-refractivity contribution in [3.8, 4) is 11.1 Å². The molecule has 1 N–H and O–H groups in total. The molecule has 0 radical (unpaired) electrons. The highest BCUT2D eigenvalue weighted by molar-refractivity contribution is 6.31. The maximum atomic E-state index is 6.20. The monoisotopic (exact) mass is 260 g/mol. The van der Waals surface area contributed by atoms with Crippen LogP contribution in [0.5, 0.6) is 0 Å². The van der Waals surface area contributed by atoms with E-state index in [4.69, 9.17) is 11.6 Å². The first-order valence-corrected chi connectivity index (χ1v) is 6.49. The molecule has 0 aliphatic rings. The van der Waals surface area contributed by atoms with Gasteiger partial charge in [0.25, 0.3) is 0 Å². The molecule has 1 aromatic heterocycles. The van der Waals surface area contributed by atoms with E-state index in [1.165, 1.54) is 0 Å². The molecular formula is C15H17ClN2. The van der Waals surface area contributed by atoms with Gasteiger partial charge in [0.05, 0.1) is 0 Å². The second-order valence-electron chi connectivity index (χ2n) is 4.34. The fourth-order valence-electron chi connectivity index (χ4n) is 1.86. The average Bonchev–Trinajstić information content (AvgIpc) is 2.38. The van der Waals surface area contributed by atoms with Crippen LogP contribution in [0.3, 0.4) is 0 Å². The predicted octanol–water partition coefficient (Wildman–Crippen LogP) is 3.82. The highest BCUT2D eigenvalue weighted by Crippen LogP contribution is 2.25. The van der Waals surface area contributed by atoms with Crippen LogP contribution in [-0.2, 0) is 6.54 Å². The Balaban J connectivity index is 2.34. The van der Waals surface area contributed by atoms with Crippen LogP contribution in [-0.4, -0.2) is 11.5 Å². The Labute approximate surface area is 113 Å². The summed E-state index contributed by atoms with van der Waals surface area (Å²) in [6.07, 6.45) is 3.74. The van der Waals surface area contributed by atoms with Crippen molar-refractivity contribution >= 4 is 11.6 Å². The van der Waals surface area contributed by atoms with Gasteiger partial charge in [0.1, 0.15) is 0 Å². The van der Waals surface area contributed by atoms with Gasteiger partial charge >= 0.3 is 0 Å². The van der Waals surface area contributed by atoms with Crippen LogP contribution in [0.4, 0.5) is 0 Å². The molecule has 0 saturated heterocycles. The number of rotatable bonds is 4. The second kappa shape index (κ2) is 5.98. The Hall–Kier alpha value is -1.38. The lowest BCUT2D eigenvalue weighted by Crippen LogP contribution is -2.12. The molecule has 0 atom stereocenters. The van der Waals surface area contributed by atoms with E-state index in [0.29, 0.717) is 0 Å². The van der Waals surface area contributed by atoms with Gasteiger partial charge in [0, 0.05) is 29.5 Å². The fraction of sp³-hybridized carbons (Fsp3) is 0.267. The van der Waals surface area contributed by atoms with Gasteiger partial charge in [-0.25, -0.2) is 0 Å². The standard InChI is InChI=1S/C15H17ClN2/c1-3-17-10-14-7-12(4-5-15(14)16)13-6-11(2)8-18-9-13/h4-9,17H,3,10H2,1-2H3. The van der Waals surface area contributed by atoms with E-state index < -0.39 is 0 Å². The topological polar surface area (TPSA) is 24.9 Å². The molecule has 0 saturated carbocycles. The highest BCUT2D eigenvalue weighted by Gasteiger charge is 2.04. The van der Waals surface area contributed by atoms with E-state index in [2.05, 4.69) is 29.4 Å². The Bertz CT molecular complexity index is 538. The molecule has 1 heterocycles. The zero-order valence-corrected chi connectivity index (χ0v) is 11.5. The van der Waals surface area contributed by atoms with Crippen LogP contribution in [0.2, 0.25) is 5.02 Å². The minimum atomic E-state index is 0.794. The Morgan fingerprint density at radius 2 is 2.00 bits per heavy atom. The van der Waals surface area contributed by atoms with Crippen molar-refractivity contribution < 1.29 is 0 Å². The van der Waals surface area contributed by atoms with E-state index in [-0.39, 0.29) is 0 Å². The molecule has 2 rings (SSSR count). The summed E-state index contributed by atoms with van der Waals surface area (Å²) in [5.74, 6) is 0. The number of halogens is 1. The maximum absolute atomic E-state index is 6.20. The first kappa shape index (κ1) is 13.1. The van der Waals surface area contributed by atoms with Crippen LogP contribution in [0.1, 0.15) is 18.1 Å². The van der Waals surface area contributed by atoms with E-state index in [9.17, 15) is 0 Å². The summed E-state index contributed by atoms with van der Waals surface area (Å²) in [5.41, 5.74) is 4.57. The molecule has 94 valence electrons. The summed E-state index contributed by atoms with van der Waals surface area (Å²) in [7, 11) is 0. The summed E-state index contributed by atoms with van der Waals surface area (Å²) in [4.78, 5) is 4.23. The lowest BCUT2D eigenvalue weighted by atomic mass is 10.0. The zero-order valence-electron chi connectivity index (χ0n) is 10.7. The number of hydrogen-bond acceptors (Lipinski definition) is 2. The van der Waals surface area contributed by atoms with Gasteiger partial charge in [-0.05, 0) is 48.4 Å². The summed E-state index contributed by atoms with van der Waals surface area (Å²) in [5, 5.41) is 4.10. The maximum Gasteiger partial charge on any atom is 0.0451 e. The molecule has 0 spiro atoms. The molecule has 1 aromatic carbocycles. The number of aromatic nitrogens is 1. The van der Waals surface area contributed by atoms with E-state index in [0.717, 1.165) is 40.4 Å². The SMILES string of the molecule is CCNCc1cc(-c2cncc(C)c2)ccc1Cl.